The van der Waals surface area contributed by atoms with Gasteiger partial charge in [0, 0.05) is 24.2 Å². The van der Waals surface area contributed by atoms with Crippen LogP contribution in [0.2, 0.25) is 0 Å². The molecule has 0 fully saturated rings. The second kappa shape index (κ2) is 7.87. The van der Waals surface area contributed by atoms with E-state index >= 15 is 0 Å². The largest absolute Gasteiger partial charge is 0.459 e. The number of nitrogens with one attached hydrogen (secondary N) is 1. The number of primary amides is 1. The molecule has 0 spiro atoms. The topological polar surface area (TPSA) is 106 Å². The van der Waals surface area contributed by atoms with Crippen molar-refractivity contribution >= 4 is 23.4 Å². The van der Waals surface area contributed by atoms with Crippen LogP contribution in [0.1, 0.15) is 37.6 Å². The molecule has 1 aliphatic rings. The summed E-state index contributed by atoms with van der Waals surface area (Å²) in [6.45, 7) is 2.06. The standard InChI is InChI=1S/C23H21N3O4/c1-14-11-17(8-9-18(14)21(24)27)25-22(28)19-12-15-5-2-3-6-16(15)13-26(19)23(29)20-7-4-10-30-20/h2-11,19H,12-13H2,1H3,(H2,24,27)(H,25,28). The van der Waals surface area contributed by atoms with Crippen LogP contribution in [0.4, 0.5) is 5.69 Å². The normalized spacial score (nSPS) is 15.4. The van der Waals surface area contributed by atoms with E-state index in [-0.39, 0.29) is 17.6 Å². The minimum atomic E-state index is -0.700. The lowest BCUT2D eigenvalue weighted by Gasteiger charge is -2.35. The van der Waals surface area contributed by atoms with Gasteiger partial charge in [-0.2, -0.15) is 0 Å². The fourth-order valence-electron chi connectivity index (χ4n) is 3.76. The minimum absolute atomic E-state index is 0.189. The van der Waals surface area contributed by atoms with Gasteiger partial charge in [0.1, 0.15) is 6.04 Å². The summed E-state index contributed by atoms with van der Waals surface area (Å²) in [6, 6.07) is 15.2. The lowest BCUT2D eigenvalue weighted by molar-refractivity contribution is -0.121. The first-order valence-corrected chi connectivity index (χ1v) is 9.56. The van der Waals surface area contributed by atoms with Crippen LogP contribution in [0, 0.1) is 6.92 Å². The zero-order valence-corrected chi connectivity index (χ0v) is 16.4. The van der Waals surface area contributed by atoms with E-state index in [0.717, 1.165) is 11.1 Å². The Balaban J connectivity index is 1.62. The number of aryl methyl sites for hydroxylation is 1. The van der Waals surface area contributed by atoms with Crippen molar-refractivity contribution in [3.8, 4) is 0 Å². The maximum absolute atomic E-state index is 13.2. The highest BCUT2D eigenvalue weighted by atomic mass is 16.3. The lowest BCUT2D eigenvalue weighted by Crippen LogP contribution is -2.50. The van der Waals surface area contributed by atoms with Gasteiger partial charge in [0.25, 0.3) is 5.91 Å². The monoisotopic (exact) mass is 403 g/mol. The van der Waals surface area contributed by atoms with E-state index in [0.29, 0.717) is 29.8 Å². The quantitative estimate of drug-likeness (QED) is 0.699. The number of anilines is 1. The highest BCUT2D eigenvalue weighted by Crippen LogP contribution is 2.26. The van der Waals surface area contributed by atoms with Crippen molar-refractivity contribution in [3.05, 3.63) is 88.9 Å². The van der Waals surface area contributed by atoms with E-state index in [9.17, 15) is 14.4 Å². The fraction of sp³-hybridized carbons (Fsp3) is 0.174. The zero-order valence-electron chi connectivity index (χ0n) is 16.4. The number of amides is 3. The Bertz CT molecular complexity index is 1120. The predicted molar refractivity (Wildman–Crippen MR) is 111 cm³/mol. The van der Waals surface area contributed by atoms with E-state index in [1.165, 1.54) is 11.2 Å². The summed E-state index contributed by atoms with van der Waals surface area (Å²) in [7, 11) is 0. The van der Waals surface area contributed by atoms with Crippen molar-refractivity contribution in [2.45, 2.75) is 25.9 Å². The van der Waals surface area contributed by atoms with Gasteiger partial charge in [0.15, 0.2) is 5.76 Å². The summed E-state index contributed by atoms with van der Waals surface area (Å²) in [5.41, 5.74) is 8.97. The molecule has 0 aliphatic carbocycles. The van der Waals surface area contributed by atoms with Crippen LogP contribution in [0.15, 0.2) is 65.3 Å². The molecule has 1 aliphatic heterocycles. The minimum Gasteiger partial charge on any atom is -0.459 e. The molecule has 1 unspecified atom stereocenters. The van der Waals surface area contributed by atoms with Gasteiger partial charge in [-0.3, -0.25) is 14.4 Å². The molecule has 2 heterocycles. The van der Waals surface area contributed by atoms with Crippen molar-refractivity contribution in [1.29, 1.82) is 0 Å². The lowest BCUT2D eigenvalue weighted by atomic mass is 9.93. The Morgan fingerprint density at radius 1 is 1.07 bits per heavy atom. The summed E-state index contributed by atoms with van der Waals surface area (Å²) < 4.78 is 5.27. The third-order valence-corrected chi connectivity index (χ3v) is 5.30. The van der Waals surface area contributed by atoms with E-state index in [1.807, 2.05) is 24.3 Å². The molecule has 3 amide bonds. The second-order valence-corrected chi connectivity index (χ2v) is 7.28. The molecule has 1 aromatic heterocycles. The zero-order chi connectivity index (χ0) is 21.3. The maximum atomic E-state index is 13.2. The number of carbonyl (C=O) groups excluding carboxylic acids is 3. The Labute approximate surface area is 173 Å². The molecule has 2 aromatic carbocycles. The second-order valence-electron chi connectivity index (χ2n) is 7.28. The van der Waals surface area contributed by atoms with Gasteiger partial charge >= 0.3 is 0 Å². The van der Waals surface area contributed by atoms with Gasteiger partial charge in [-0.1, -0.05) is 24.3 Å². The smallest absolute Gasteiger partial charge is 0.290 e. The number of nitrogens with two attached hydrogens (primary N) is 1. The van der Waals surface area contributed by atoms with Crippen LogP contribution in [0.3, 0.4) is 0 Å². The van der Waals surface area contributed by atoms with Crippen molar-refractivity contribution in [2.75, 3.05) is 5.32 Å². The Kier molecular flexibility index (Phi) is 5.10. The molecule has 3 N–H and O–H groups in total. The molecule has 1 atom stereocenters. The van der Waals surface area contributed by atoms with Gasteiger partial charge in [-0.25, -0.2) is 0 Å². The summed E-state index contributed by atoms with van der Waals surface area (Å²) in [6.07, 6.45) is 1.83. The molecule has 4 rings (SSSR count). The average Bonchev–Trinajstić information content (AvgIpc) is 3.27. The van der Waals surface area contributed by atoms with Crippen molar-refractivity contribution in [1.82, 2.24) is 4.90 Å². The maximum Gasteiger partial charge on any atom is 0.290 e. The SMILES string of the molecule is Cc1cc(NC(=O)C2Cc3ccccc3CN2C(=O)c2ccco2)ccc1C(N)=O. The van der Waals surface area contributed by atoms with Crippen LogP contribution in [-0.4, -0.2) is 28.7 Å². The number of benzene rings is 2. The number of carbonyl (C=O) groups is 3. The average molecular weight is 403 g/mol. The molecular weight excluding hydrogens is 382 g/mol. The fourth-order valence-corrected chi connectivity index (χ4v) is 3.76. The molecule has 0 saturated carbocycles. The first-order valence-electron chi connectivity index (χ1n) is 9.56. The van der Waals surface area contributed by atoms with Gasteiger partial charge in [-0.05, 0) is 53.9 Å². The molecule has 0 saturated heterocycles. The van der Waals surface area contributed by atoms with Crippen LogP contribution in [0.25, 0.3) is 0 Å². The highest BCUT2D eigenvalue weighted by Gasteiger charge is 2.36. The highest BCUT2D eigenvalue weighted by molar-refractivity contribution is 6.01. The van der Waals surface area contributed by atoms with E-state index in [1.54, 1.807) is 37.3 Å². The molecular formula is C23H21N3O4. The Morgan fingerprint density at radius 2 is 1.83 bits per heavy atom. The predicted octanol–water partition coefficient (Wildman–Crippen LogP) is 2.89. The molecule has 30 heavy (non-hydrogen) atoms. The Morgan fingerprint density at radius 3 is 2.50 bits per heavy atom. The first kappa shape index (κ1) is 19.4. The third-order valence-electron chi connectivity index (χ3n) is 5.30. The van der Waals surface area contributed by atoms with E-state index in [4.69, 9.17) is 10.2 Å². The van der Waals surface area contributed by atoms with Gasteiger partial charge in [-0.15, -0.1) is 0 Å². The Hall–Kier alpha value is -3.87. The molecule has 7 nitrogen and oxygen atoms in total. The summed E-state index contributed by atoms with van der Waals surface area (Å²) >= 11 is 0. The number of rotatable bonds is 4. The number of furan rings is 1. The van der Waals surface area contributed by atoms with Gasteiger partial charge < -0.3 is 20.4 Å². The molecule has 152 valence electrons. The van der Waals surface area contributed by atoms with E-state index in [2.05, 4.69) is 5.32 Å². The molecule has 0 radical (unpaired) electrons. The summed E-state index contributed by atoms with van der Waals surface area (Å²) in [5.74, 6) is -0.983. The van der Waals surface area contributed by atoms with Gasteiger partial charge in [0.05, 0.1) is 6.26 Å². The van der Waals surface area contributed by atoms with E-state index < -0.39 is 11.9 Å². The molecule has 3 aromatic rings. The number of hydrogen-bond acceptors (Lipinski definition) is 4. The first-order chi connectivity index (χ1) is 14.4. The van der Waals surface area contributed by atoms with Crippen LogP contribution in [-0.2, 0) is 17.8 Å². The molecule has 7 heteroatoms. The van der Waals surface area contributed by atoms with Crippen molar-refractivity contribution in [3.63, 3.8) is 0 Å². The number of fused-ring (bicyclic) bond motifs is 1. The third kappa shape index (κ3) is 3.69. The van der Waals surface area contributed by atoms with Crippen molar-refractivity contribution < 1.29 is 18.8 Å². The van der Waals surface area contributed by atoms with Crippen LogP contribution >= 0.6 is 0 Å². The molecule has 0 bridgehead atoms. The van der Waals surface area contributed by atoms with Crippen LogP contribution in [0.5, 0.6) is 0 Å². The van der Waals surface area contributed by atoms with Crippen molar-refractivity contribution in [2.24, 2.45) is 5.73 Å². The summed E-state index contributed by atoms with van der Waals surface area (Å²) in [4.78, 5) is 39.1. The number of nitrogens with zero attached hydrogens (tertiary/aromatic N) is 1. The van der Waals surface area contributed by atoms with Crippen LogP contribution < -0.4 is 11.1 Å². The summed E-state index contributed by atoms with van der Waals surface area (Å²) in [5, 5.41) is 2.86. The van der Waals surface area contributed by atoms with Gasteiger partial charge in [0.2, 0.25) is 11.8 Å². The number of hydrogen-bond donors (Lipinski definition) is 2.